The van der Waals surface area contributed by atoms with Crippen molar-refractivity contribution in [1.29, 1.82) is 0 Å². The van der Waals surface area contributed by atoms with Gasteiger partial charge in [-0.3, -0.25) is 24.7 Å². The number of carbonyl (C=O) groups is 2. The zero-order valence-electron chi connectivity index (χ0n) is 20.9. The summed E-state index contributed by atoms with van der Waals surface area (Å²) in [5.74, 6) is 3.32. The van der Waals surface area contributed by atoms with Crippen molar-refractivity contribution in [3.8, 4) is 17.2 Å². The van der Waals surface area contributed by atoms with E-state index in [0.29, 0.717) is 17.2 Å². The van der Waals surface area contributed by atoms with Crippen LogP contribution in [0.15, 0.2) is 78.4 Å². The second kappa shape index (κ2) is 11.8. The predicted molar refractivity (Wildman–Crippen MR) is 155 cm³/mol. The first kappa shape index (κ1) is 26.0. The highest BCUT2D eigenvalue weighted by molar-refractivity contribution is 7.99. The molecule has 0 unspecified atom stereocenters. The molecule has 2 saturated heterocycles. The van der Waals surface area contributed by atoms with Crippen LogP contribution in [0.4, 0.5) is 5.69 Å². The molecule has 7 nitrogen and oxygen atoms in total. The first-order valence-electron chi connectivity index (χ1n) is 12.2. The molecule has 2 fully saturated rings. The number of anilines is 1. The fourth-order valence-corrected chi connectivity index (χ4v) is 5.62. The van der Waals surface area contributed by atoms with Gasteiger partial charge in [0.2, 0.25) is 0 Å². The number of carbonyl (C=O) groups excluding carboxylic acids is 2. The highest BCUT2D eigenvalue weighted by Gasteiger charge is 2.34. The number of benzene rings is 3. The Labute approximate surface area is 231 Å². The van der Waals surface area contributed by atoms with Crippen LogP contribution in [0.2, 0.25) is 0 Å². The van der Waals surface area contributed by atoms with Crippen molar-refractivity contribution >= 4 is 52.7 Å². The summed E-state index contributed by atoms with van der Waals surface area (Å²) in [6.07, 6.45) is 1.61. The molecule has 2 heterocycles. The number of methoxy groups -OCH3 is 1. The van der Waals surface area contributed by atoms with E-state index in [1.165, 1.54) is 4.90 Å². The molecule has 0 aliphatic carbocycles. The fourth-order valence-electron chi connectivity index (χ4n) is 4.36. The maximum Gasteiger partial charge on any atom is 0.270 e. The van der Waals surface area contributed by atoms with Crippen LogP contribution in [0.25, 0.3) is 6.08 Å². The zero-order chi connectivity index (χ0) is 26.5. The summed E-state index contributed by atoms with van der Waals surface area (Å²) < 4.78 is 11.4. The lowest BCUT2D eigenvalue weighted by molar-refractivity contribution is -0.122. The van der Waals surface area contributed by atoms with Gasteiger partial charge >= 0.3 is 0 Å². The van der Waals surface area contributed by atoms with Gasteiger partial charge in [0.25, 0.3) is 11.8 Å². The summed E-state index contributed by atoms with van der Waals surface area (Å²) in [6.45, 7) is 2.78. The summed E-state index contributed by atoms with van der Waals surface area (Å²) in [5.41, 5.74) is 2.29. The highest BCUT2D eigenvalue weighted by atomic mass is 32.2. The summed E-state index contributed by atoms with van der Waals surface area (Å²) >= 11 is 7.31. The number of amides is 2. The van der Waals surface area contributed by atoms with Crippen LogP contribution in [-0.2, 0) is 16.1 Å². The number of hydrogen-bond acceptors (Lipinski definition) is 7. The second-order valence-electron chi connectivity index (χ2n) is 8.83. The lowest BCUT2D eigenvalue weighted by Gasteiger charge is -2.29. The largest absolute Gasteiger partial charge is 0.496 e. The molecule has 0 bridgehead atoms. The highest BCUT2D eigenvalue weighted by Crippen LogP contribution is 2.28. The van der Waals surface area contributed by atoms with E-state index >= 15 is 0 Å². The van der Waals surface area contributed by atoms with E-state index in [0.717, 1.165) is 48.0 Å². The van der Waals surface area contributed by atoms with Crippen LogP contribution in [0, 0.1) is 0 Å². The number of hydrogen-bond donors (Lipinski definition) is 1. The molecule has 5 rings (SSSR count). The Kier molecular flexibility index (Phi) is 8.07. The van der Waals surface area contributed by atoms with E-state index in [1.807, 2.05) is 60.3 Å². The summed E-state index contributed by atoms with van der Waals surface area (Å²) in [5, 5.41) is 2.68. The van der Waals surface area contributed by atoms with E-state index < -0.39 is 11.8 Å². The minimum absolute atomic E-state index is 0.00806. The van der Waals surface area contributed by atoms with Gasteiger partial charge < -0.3 is 9.47 Å². The Bertz CT molecular complexity index is 1370. The van der Waals surface area contributed by atoms with Crippen molar-refractivity contribution in [2.45, 2.75) is 6.54 Å². The molecular formula is C29H27N3O4S2. The molecule has 0 saturated carbocycles. The molecular weight excluding hydrogens is 518 g/mol. The van der Waals surface area contributed by atoms with Gasteiger partial charge in [-0.25, -0.2) is 0 Å². The molecule has 0 aromatic heterocycles. The van der Waals surface area contributed by atoms with Gasteiger partial charge in [-0.05, 0) is 72.4 Å². The van der Waals surface area contributed by atoms with E-state index in [4.69, 9.17) is 21.7 Å². The average molecular weight is 546 g/mol. The molecule has 1 N–H and O–H groups in total. The molecule has 3 aromatic rings. The third kappa shape index (κ3) is 5.91. The van der Waals surface area contributed by atoms with Gasteiger partial charge in [-0.2, -0.15) is 11.8 Å². The summed E-state index contributed by atoms with van der Waals surface area (Å²) in [6, 6.07) is 22.1. The number of thioether (sulfide) groups is 1. The minimum Gasteiger partial charge on any atom is -0.496 e. The van der Waals surface area contributed by atoms with Crippen molar-refractivity contribution in [3.63, 3.8) is 0 Å². The number of ether oxygens (including phenoxy) is 2. The van der Waals surface area contributed by atoms with Gasteiger partial charge in [0, 0.05) is 36.7 Å². The molecule has 3 aromatic carbocycles. The molecule has 194 valence electrons. The lowest BCUT2D eigenvalue weighted by atomic mass is 10.0. The van der Waals surface area contributed by atoms with Gasteiger partial charge in [-0.15, -0.1) is 0 Å². The molecule has 38 heavy (non-hydrogen) atoms. The Hall–Kier alpha value is -3.66. The first-order chi connectivity index (χ1) is 18.5. The SMILES string of the molecule is COc1ccc(/C=C2\C(=O)NC(=S)N(c3ccc(Oc4ccccc4)cc3)C2=O)cc1CN1CCSCC1. The molecule has 0 spiro atoms. The number of nitrogens with zero attached hydrogens (tertiary/aromatic N) is 2. The number of thiocarbonyl (C=S) groups is 1. The van der Waals surface area contributed by atoms with E-state index in [2.05, 4.69) is 10.2 Å². The topological polar surface area (TPSA) is 71.1 Å². The first-order valence-corrected chi connectivity index (χ1v) is 13.8. The van der Waals surface area contributed by atoms with Crippen molar-refractivity contribution in [3.05, 3.63) is 89.5 Å². The monoisotopic (exact) mass is 545 g/mol. The fraction of sp³-hybridized carbons (Fsp3) is 0.207. The van der Waals surface area contributed by atoms with Gasteiger partial charge in [-0.1, -0.05) is 24.3 Å². The Morgan fingerprint density at radius 2 is 1.68 bits per heavy atom. The minimum atomic E-state index is -0.522. The van der Waals surface area contributed by atoms with Crippen LogP contribution < -0.4 is 19.7 Å². The maximum absolute atomic E-state index is 13.5. The van der Waals surface area contributed by atoms with Crippen molar-refractivity contribution in [2.75, 3.05) is 36.6 Å². The molecule has 9 heteroatoms. The lowest BCUT2D eigenvalue weighted by Crippen LogP contribution is -2.54. The number of nitrogens with one attached hydrogen (secondary N) is 1. The zero-order valence-corrected chi connectivity index (χ0v) is 22.5. The van der Waals surface area contributed by atoms with Crippen LogP contribution in [0.3, 0.4) is 0 Å². The second-order valence-corrected chi connectivity index (χ2v) is 10.4. The third-order valence-electron chi connectivity index (χ3n) is 6.29. The van der Waals surface area contributed by atoms with E-state index in [9.17, 15) is 9.59 Å². The van der Waals surface area contributed by atoms with E-state index in [1.54, 1.807) is 37.5 Å². The van der Waals surface area contributed by atoms with Gasteiger partial charge in [0.05, 0.1) is 12.8 Å². The number of rotatable bonds is 7. The quantitative estimate of drug-likeness (QED) is 0.258. The Morgan fingerprint density at radius 3 is 2.39 bits per heavy atom. The van der Waals surface area contributed by atoms with Crippen LogP contribution >= 0.6 is 24.0 Å². The molecule has 2 aliphatic rings. The summed E-state index contributed by atoms with van der Waals surface area (Å²) in [4.78, 5) is 30.0. The van der Waals surface area contributed by atoms with Crippen molar-refractivity contribution in [2.24, 2.45) is 0 Å². The van der Waals surface area contributed by atoms with Crippen molar-refractivity contribution < 1.29 is 19.1 Å². The molecule has 0 atom stereocenters. The average Bonchev–Trinajstić information content (AvgIpc) is 2.93. The van der Waals surface area contributed by atoms with E-state index in [-0.39, 0.29) is 10.7 Å². The van der Waals surface area contributed by atoms with Gasteiger partial charge in [0.15, 0.2) is 5.11 Å². The standard InChI is InChI=1S/C29H27N3O4S2/c1-35-26-12-7-20(17-21(26)19-31-13-15-38-16-14-31)18-25-27(33)30-29(37)32(28(25)34)22-8-10-24(11-9-22)36-23-5-3-2-4-6-23/h2-12,17-18H,13-16,19H2,1H3,(H,30,33,37)/b25-18+. The predicted octanol–water partition coefficient (Wildman–Crippen LogP) is 4.87. The van der Waals surface area contributed by atoms with Crippen LogP contribution in [0.1, 0.15) is 11.1 Å². The van der Waals surface area contributed by atoms with Crippen LogP contribution in [0.5, 0.6) is 17.2 Å². The molecule has 2 aliphatic heterocycles. The third-order valence-corrected chi connectivity index (χ3v) is 7.52. The Balaban J connectivity index is 1.38. The summed E-state index contributed by atoms with van der Waals surface area (Å²) in [7, 11) is 1.65. The van der Waals surface area contributed by atoms with Crippen molar-refractivity contribution in [1.82, 2.24) is 10.2 Å². The normalized spacial score (nSPS) is 17.4. The van der Waals surface area contributed by atoms with Gasteiger partial charge in [0.1, 0.15) is 22.8 Å². The maximum atomic E-state index is 13.5. The molecule has 2 amide bonds. The molecule has 0 radical (unpaired) electrons. The smallest absolute Gasteiger partial charge is 0.270 e. The number of para-hydroxylation sites is 1. The Morgan fingerprint density at radius 1 is 0.974 bits per heavy atom. The van der Waals surface area contributed by atoms with Crippen LogP contribution in [-0.4, -0.2) is 53.5 Å².